The summed E-state index contributed by atoms with van der Waals surface area (Å²) >= 11 is 0. The highest BCUT2D eigenvalue weighted by molar-refractivity contribution is 5.90. The Bertz CT molecular complexity index is 423. The van der Waals surface area contributed by atoms with E-state index >= 15 is 0 Å². The van der Waals surface area contributed by atoms with E-state index in [1.54, 1.807) is 6.07 Å². The molecule has 0 atom stereocenters. The van der Waals surface area contributed by atoms with Gasteiger partial charge in [-0.1, -0.05) is 13.8 Å². The van der Waals surface area contributed by atoms with Crippen LogP contribution in [0.4, 0.5) is 5.69 Å². The molecule has 106 valence electrons. The first-order valence-corrected chi connectivity index (χ1v) is 7.10. The molecule has 0 fully saturated rings. The number of rotatable bonds is 7. The molecule has 1 aromatic carbocycles. The first-order valence-electron chi connectivity index (χ1n) is 7.10. The second-order valence-corrected chi connectivity index (χ2v) is 5.25. The maximum absolute atomic E-state index is 11.3. The molecule has 3 heteroatoms. The summed E-state index contributed by atoms with van der Waals surface area (Å²) in [6.45, 7) is 10.4. The van der Waals surface area contributed by atoms with Crippen molar-refractivity contribution in [1.29, 1.82) is 0 Å². The number of anilines is 1. The number of aryl methyl sites for hydroxylation is 1. The van der Waals surface area contributed by atoms with Gasteiger partial charge in [-0.05, 0) is 56.4 Å². The zero-order chi connectivity index (χ0) is 14.4. The summed E-state index contributed by atoms with van der Waals surface area (Å²) in [4.78, 5) is 13.5. The molecular weight excluding hydrogens is 238 g/mol. The second kappa shape index (κ2) is 7.17. The van der Waals surface area contributed by atoms with Crippen molar-refractivity contribution < 1.29 is 9.90 Å². The minimum absolute atomic E-state index is 0.441. The zero-order valence-corrected chi connectivity index (χ0v) is 12.4. The molecule has 1 N–H and O–H groups in total. The Labute approximate surface area is 116 Å². The van der Waals surface area contributed by atoms with Crippen LogP contribution in [0, 0.1) is 5.92 Å². The summed E-state index contributed by atoms with van der Waals surface area (Å²) < 4.78 is 0. The second-order valence-electron chi connectivity index (χ2n) is 5.25. The lowest BCUT2D eigenvalue weighted by Crippen LogP contribution is -2.22. The molecule has 0 spiro atoms. The number of aromatic carboxylic acids is 1. The third-order valence-electron chi connectivity index (χ3n) is 3.44. The first-order chi connectivity index (χ1) is 8.99. The zero-order valence-electron chi connectivity index (χ0n) is 12.4. The number of benzene rings is 1. The Kier molecular flexibility index (Phi) is 5.87. The van der Waals surface area contributed by atoms with E-state index in [1.165, 1.54) is 0 Å². The van der Waals surface area contributed by atoms with Crippen LogP contribution in [0.2, 0.25) is 0 Å². The van der Waals surface area contributed by atoms with Gasteiger partial charge in [0, 0.05) is 18.8 Å². The molecule has 19 heavy (non-hydrogen) atoms. The molecule has 0 bridgehead atoms. The predicted molar refractivity (Wildman–Crippen MR) is 80.1 cm³/mol. The summed E-state index contributed by atoms with van der Waals surface area (Å²) in [6.07, 6.45) is 1.84. The van der Waals surface area contributed by atoms with Crippen molar-refractivity contribution in [1.82, 2.24) is 0 Å². The van der Waals surface area contributed by atoms with Crippen LogP contribution in [0.5, 0.6) is 0 Å². The summed E-state index contributed by atoms with van der Waals surface area (Å²) in [5.41, 5.74) is 2.51. The number of hydrogen-bond donors (Lipinski definition) is 1. The molecular formula is C16H25NO2. The molecule has 3 nitrogen and oxygen atoms in total. The molecule has 0 unspecified atom stereocenters. The van der Waals surface area contributed by atoms with Crippen LogP contribution in [0.1, 0.15) is 50.0 Å². The van der Waals surface area contributed by atoms with Crippen molar-refractivity contribution in [2.24, 2.45) is 5.92 Å². The summed E-state index contributed by atoms with van der Waals surface area (Å²) in [7, 11) is 0. The van der Waals surface area contributed by atoms with E-state index < -0.39 is 5.97 Å². The van der Waals surface area contributed by atoms with Gasteiger partial charge < -0.3 is 10.0 Å². The van der Waals surface area contributed by atoms with Crippen LogP contribution in [-0.2, 0) is 6.42 Å². The van der Waals surface area contributed by atoms with Crippen molar-refractivity contribution in [2.75, 3.05) is 18.0 Å². The molecule has 0 heterocycles. The molecule has 0 saturated heterocycles. The van der Waals surface area contributed by atoms with Crippen molar-refractivity contribution in [2.45, 2.75) is 40.5 Å². The maximum atomic E-state index is 11.3. The Morgan fingerprint density at radius 3 is 2.37 bits per heavy atom. The fourth-order valence-electron chi connectivity index (χ4n) is 2.23. The first kappa shape index (κ1) is 15.5. The third-order valence-corrected chi connectivity index (χ3v) is 3.44. The fraction of sp³-hybridized carbons (Fsp3) is 0.562. The molecule has 0 aliphatic rings. The molecule has 0 amide bonds. The van der Waals surface area contributed by atoms with E-state index in [1.807, 2.05) is 12.1 Å². The van der Waals surface area contributed by atoms with Crippen LogP contribution >= 0.6 is 0 Å². The Morgan fingerprint density at radius 1 is 1.26 bits per heavy atom. The number of nitrogens with zero attached hydrogens (tertiary/aromatic N) is 1. The van der Waals surface area contributed by atoms with Gasteiger partial charge in [0.25, 0.3) is 0 Å². The number of carboxylic acid groups (broad SMARTS) is 1. The van der Waals surface area contributed by atoms with Gasteiger partial charge in [0.2, 0.25) is 0 Å². The Hall–Kier alpha value is -1.51. The molecule has 0 saturated carbocycles. The number of carbonyl (C=O) groups is 1. The van der Waals surface area contributed by atoms with Crippen molar-refractivity contribution in [3.8, 4) is 0 Å². The van der Waals surface area contributed by atoms with Gasteiger partial charge in [0.1, 0.15) is 0 Å². The summed E-state index contributed by atoms with van der Waals surface area (Å²) in [5.74, 6) is -0.247. The van der Waals surface area contributed by atoms with Crippen LogP contribution in [-0.4, -0.2) is 24.2 Å². The fourth-order valence-corrected chi connectivity index (χ4v) is 2.23. The molecule has 1 aromatic rings. The molecule has 1 rings (SSSR count). The van der Waals surface area contributed by atoms with Gasteiger partial charge >= 0.3 is 5.97 Å². The van der Waals surface area contributed by atoms with E-state index in [-0.39, 0.29) is 0 Å². The minimum atomic E-state index is -0.829. The largest absolute Gasteiger partial charge is 0.478 e. The lowest BCUT2D eigenvalue weighted by molar-refractivity contribution is 0.0695. The molecule has 0 aliphatic carbocycles. The normalized spacial score (nSPS) is 10.8. The standard InChI is InChI=1S/C16H25NO2/c1-5-17(6-2)14-9-10-15(16(18)19)13(11-14)8-7-12(3)4/h9-12H,5-8H2,1-4H3,(H,18,19). The Balaban J connectivity index is 3.06. The average Bonchev–Trinajstić information content (AvgIpc) is 2.37. The van der Waals surface area contributed by atoms with Gasteiger partial charge in [0.15, 0.2) is 0 Å². The number of hydrogen-bond acceptors (Lipinski definition) is 2. The van der Waals surface area contributed by atoms with Crippen LogP contribution in [0.3, 0.4) is 0 Å². The monoisotopic (exact) mass is 263 g/mol. The van der Waals surface area contributed by atoms with Gasteiger partial charge in [-0.3, -0.25) is 0 Å². The van der Waals surface area contributed by atoms with E-state index in [0.717, 1.165) is 37.2 Å². The van der Waals surface area contributed by atoms with Crippen LogP contribution in [0.15, 0.2) is 18.2 Å². The van der Waals surface area contributed by atoms with E-state index in [9.17, 15) is 9.90 Å². The Morgan fingerprint density at radius 2 is 1.89 bits per heavy atom. The quantitative estimate of drug-likeness (QED) is 0.813. The lowest BCUT2D eigenvalue weighted by Gasteiger charge is -2.22. The number of carboxylic acids is 1. The third kappa shape index (κ3) is 4.27. The van der Waals surface area contributed by atoms with Crippen LogP contribution in [0.25, 0.3) is 0 Å². The molecule has 0 aromatic heterocycles. The van der Waals surface area contributed by atoms with Crippen LogP contribution < -0.4 is 4.90 Å². The van der Waals surface area contributed by atoms with E-state index in [2.05, 4.69) is 32.6 Å². The van der Waals surface area contributed by atoms with Crippen molar-refractivity contribution >= 4 is 11.7 Å². The van der Waals surface area contributed by atoms with E-state index in [4.69, 9.17) is 0 Å². The van der Waals surface area contributed by atoms with Gasteiger partial charge in [-0.15, -0.1) is 0 Å². The van der Waals surface area contributed by atoms with E-state index in [0.29, 0.717) is 11.5 Å². The van der Waals surface area contributed by atoms with Gasteiger partial charge in [0.05, 0.1) is 5.56 Å². The topological polar surface area (TPSA) is 40.5 Å². The highest BCUT2D eigenvalue weighted by atomic mass is 16.4. The van der Waals surface area contributed by atoms with Gasteiger partial charge in [-0.25, -0.2) is 4.79 Å². The predicted octanol–water partition coefficient (Wildman–Crippen LogP) is 3.82. The SMILES string of the molecule is CCN(CC)c1ccc(C(=O)O)c(CCC(C)C)c1. The molecule has 0 aliphatic heterocycles. The van der Waals surface area contributed by atoms with Crippen molar-refractivity contribution in [3.63, 3.8) is 0 Å². The summed E-state index contributed by atoms with van der Waals surface area (Å²) in [5, 5.41) is 9.26. The van der Waals surface area contributed by atoms with Crippen molar-refractivity contribution in [3.05, 3.63) is 29.3 Å². The molecule has 0 radical (unpaired) electrons. The smallest absolute Gasteiger partial charge is 0.335 e. The minimum Gasteiger partial charge on any atom is -0.478 e. The maximum Gasteiger partial charge on any atom is 0.335 e. The van der Waals surface area contributed by atoms with Gasteiger partial charge in [-0.2, -0.15) is 0 Å². The summed E-state index contributed by atoms with van der Waals surface area (Å²) in [6, 6.07) is 5.69. The lowest BCUT2D eigenvalue weighted by atomic mass is 9.97. The highest BCUT2D eigenvalue weighted by Crippen LogP contribution is 2.22. The highest BCUT2D eigenvalue weighted by Gasteiger charge is 2.13. The average molecular weight is 263 g/mol.